The summed E-state index contributed by atoms with van der Waals surface area (Å²) >= 11 is 3.41. The molecule has 1 atom stereocenters. The highest BCUT2D eigenvalue weighted by atomic mass is 79.9. The van der Waals surface area contributed by atoms with E-state index in [1.807, 2.05) is 25.1 Å². The van der Waals surface area contributed by atoms with Gasteiger partial charge in [0, 0.05) is 10.5 Å². The zero-order valence-electron chi connectivity index (χ0n) is 10.7. The molecule has 1 aromatic rings. The van der Waals surface area contributed by atoms with E-state index >= 15 is 0 Å². The van der Waals surface area contributed by atoms with Gasteiger partial charge in [0.25, 0.3) is 5.91 Å². The summed E-state index contributed by atoms with van der Waals surface area (Å²) in [5.74, 6) is 0.00387. The largest absolute Gasteiger partial charge is 0.350 e. The number of amides is 1. The highest BCUT2D eigenvalue weighted by molar-refractivity contribution is 9.10. The van der Waals surface area contributed by atoms with E-state index in [0.29, 0.717) is 5.56 Å². The van der Waals surface area contributed by atoms with Crippen molar-refractivity contribution in [3.05, 3.63) is 33.8 Å². The van der Waals surface area contributed by atoms with Crippen LogP contribution in [0.15, 0.2) is 22.7 Å². The number of carbonyl (C=O) groups excluding carboxylic acids is 1. The maximum Gasteiger partial charge on any atom is 0.252 e. The van der Waals surface area contributed by atoms with Gasteiger partial charge in [-0.05, 0) is 48.3 Å². The Balaban J connectivity index is 2.66. The zero-order chi connectivity index (χ0) is 12.8. The molecule has 0 radical (unpaired) electrons. The van der Waals surface area contributed by atoms with Crippen LogP contribution >= 0.6 is 15.9 Å². The molecule has 1 N–H and O–H groups in total. The SMILES string of the molecule is CCCCC(C)NC(=O)c1cc(C)ccc1Br. The molecule has 3 heteroatoms. The lowest BCUT2D eigenvalue weighted by Crippen LogP contribution is -2.32. The minimum Gasteiger partial charge on any atom is -0.350 e. The van der Waals surface area contributed by atoms with Gasteiger partial charge in [-0.3, -0.25) is 4.79 Å². The molecule has 0 aliphatic carbocycles. The smallest absolute Gasteiger partial charge is 0.252 e. The molecule has 0 saturated carbocycles. The van der Waals surface area contributed by atoms with Crippen LogP contribution in [-0.2, 0) is 0 Å². The highest BCUT2D eigenvalue weighted by Gasteiger charge is 2.12. The van der Waals surface area contributed by atoms with Crippen molar-refractivity contribution >= 4 is 21.8 Å². The Kier molecular flexibility index (Phi) is 5.69. The third-order valence-electron chi connectivity index (χ3n) is 2.73. The van der Waals surface area contributed by atoms with Crippen molar-refractivity contribution in [3.8, 4) is 0 Å². The van der Waals surface area contributed by atoms with Crippen molar-refractivity contribution in [1.29, 1.82) is 0 Å². The van der Waals surface area contributed by atoms with Crippen LogP contribution in [0, 0.1) is 6.92 Å². The van der Waals surface area contributed by atoms with Crippen molar-refractivity contribution in [2.45, 2.75) is 46.1 Å². The van der Waals surface area contributed by atoms with E-state index in [1.54, 1.807) is 0 Å². The summed E-state index contributed by atoms with van der Waals surface area (Å²) in [6.07, 6.45) is 3.34. The van der Waals surface area contributed by atoms with E-state index in [0.717, 1.165) is 29.3 Å². The summed E-state index contributed by atoms with van der Waals surface area (Å²) in [6, 6.07) is 6.05. The Labute approximate surface area is 112 Å². The number of halogens is 1. The lowest BCUT2D eigenvalue weighted by atomic mass is 10.1. The molecule has 0 spiro atoms. The van der Waals surface area contributed by atoms with Gasteiger partial charge < -0.3 is 5.32 Å². The van der Waals surface area contributed by atoms with E-state index in [-0.39, 0.29) is 11.9 Å². The van der Waals surface area contributed by atoms with Crippen LogP contribution in [0.5, 0.6) is 0 Å². The van der Waals surface area contributed by atoms with Crippen LogP contribution in [0.2, 0.25) is 0 Å². The molecular weight excluding hydrogens is 278 g/mol. The van der Waals surface area contributed by atoms with Crippen LogP contribution in [0.4, 0.5) is 0 Å². The minimum absolute atomic E-state index is 0.00387. The second-order valence-electron chi connectivity index (χ2n) is 4.50. The maximum absolute atomic E-state index is 12.1. The van der Waals surface area contributed by atoms with Gasteiger partial charge in [-0.25, -0.2) is 0 Å². The van der Waals surface area contributed by atoms with E-state index in [4.69, 9.17) is 0 Å². The molecule has 0 aliphatic heterocycles. The summed E-state index contributed by atoms with van der Waals surface area (Å²) in [6.45, 7) is 6.20. The van der Waals surface area contributed by atoms with Crippen molar-refractivity contribution in [2.75, 3.05) is 0 Å². The molecule has 0 aromatic heterocycles. The van der Waals surface area contributed by atoms with Crippen molar-refractivity contribution < 1.29 is 4.79 Å². The Bertz CT molecular complexity index is 390. The number of nitrogens with one attached hydrogen (secondary N) is 1. The number of rotatable bonds is 5. The summed E-state index contributed by atoms with van der Waals surface area (Å²) in [5, 5.41) is 3.03. The Hall–Kier alpha value is -0.830. The topological polar surface area (TPSA) is 29.1 Å². The summed E-state index contributed by atoms with van der Waals surface area (Å²) in [7, 11) is 0. The lowest BCUT2D eigenvalue weighted by Gasteiger charge is -2.14. The maximum atomic E-state index is 12.1. The fourth-order valence-corrected chi connectivity index (χ4v) is 2.12. The Morgan fingerprint density at radius 2 is 2.18 bits per heavy atom. The minimum atomic E-state index is 0.00387. The molecule has 0 heterocycles. The standard InChI is InChI=1S/C14H20BrNO/c1-4-5-6-11(3)16-14(17)12-9-10(2)7-8-13(12)15/h7-9,11H,4-6H2,1-3H3,(H,16,17). The number of hydrogen-bond acceptors (Lipinski definition) is 1. The normalized spacial score (nSPS) is 12.2. The molecule has 0 aliphatic rings. The first kappa shape index (κ1) is 14.2. The summed E-state index contributed by atoms with van der Waals surface area (Å²) in [5.41, 5.74) is 1.81. The Morgan fingerprint density at radius 1 is 1.47 bits per heavy atom. The number of aryl methyl sites for hydroxylation is 1. The summed E-state index contributed by atoms with van der Waals surface area (Å²) < 4.78 is 0.850. The van der Waals surface area contributed by atoms with Gasteiger partial charge in [0.2, 0.25) is 0 Å². The molecule has 0 saturated heterocycles. The first-order valence-corrected chi connectivity index (χ1v) is 6.91. The molecule has 1 aromatic carbocycles. The molecule has 17 heavy (non-hydrogen) atoms. The second-order valence-corrected chi connectivity index (χ2v) is 5.35. The van der Waals surface area contributed by atoms with Gasteiger partial charge in [0.15, 0.2) is 0 Å². The average molecular weight is 298 g/mol. The molecule has 2 nitrogen and oxygen atoms in total. The first-order chi connectivity index (χ1) is 8.04. The predicted octanol–water partition coefficient (Wildman–Crippen LogP) is 4.07. The lowest BCUT2D eigenvalue weighted by molar-refractivity contribution is 0.0937. The van der Waals surface area contributed by atoms with E-state index in [1.165, 1.54) is 0 Å². The van der Waals surface area contributed by atoms with Crippen LogP contribution in [0.3, 0.4) is 0 Å². The third kappa shape index (κ3) is 4.50. The first-order valence-electron chi connectivity index (χ1n) is 6.11. The van der Waals surface area contributed by atoms with Crippen molar-refractivity contribution in [3.63, 3.8) is 0 Å². The van der Waals surface area contributed by atoms with Gasteiger partial charge >= 0.3 is 0 Å². The molecule has 0 fully saturated rings. The average Bonchev–Trinajstić information content (AvgIpc) is 2.29. The number of benzene rings is 1. The van der Waals surface area contributed by atoms with Crippen LogP contribution in [-0.4, -0.2) is 11.9 Å². The fourth-order valence-electron chi connectivity index (χ4n) is 1.70. The van der Waals surface area contributed by atoms with Crippen molar-refractivity contribution in [1.82, 2.24) is 5.32 Å². The third-order valence-corrected chi connectivity index (χ3v) is 3.43. The van der Waals surface area contributed by atoms with Gasteiger partial charge in [0.1, 0.15) is 0 Å². The zero-order valence-corrected chi connectivity index (χ0v) is 12.3. The number of carbonyl (C=O) groups is 1. The van der Waals surface area contributed by atoms with Gasteiger partial charge in [-0.15, -0.1) is 0 Å². The fraction of sp³-hybridized carbons (Fsp3) is 0.500. The molecule has 1 rings (SSSR count). The van der Waals surface area contributed by atoms with E-state index < -0.39 is 0 Å². The molecule has 94 valence electrons. The molecule has 0 bridgehead atoms. The highest BCUT2D eigenvalue weighted by Crippen LogP contribution is 2.18. The van der Waals surface area contributed by atoms with Gasteiger partial charge in [-0.1, -0.05) is 31.4 Å². The van der Waals surface area contributed by atoms with Gasteiger partial charge in [0.05, 0.1) is 5.56 Å². The predicted molar refractivity (Wildman–Crippen MR) is 75.3 cm³/mol. The monoisotopic (exact) mass is 297 g/mol. The second kappa shape index (κ2) is 6.80. The van der Waals surface area contributed by atoms with Crippen LogP contribution in [0.25, 0.3) is 0 Å². The van der Waals surface area contributed by atoms with Gasteiger partial charge in [-0.2, -0.15) is 0 Å². The molecular formula is C14H20BrNO. The Morgan fingerprint density at radius 3 is 2.82 bits per heavy atom. The van der Waals surface area contributed by atoms with Crippen molar-refractivity contribution in [2.24, 2.45) is 0 Å². The van der Waals surface area contributed by atoms with Crippen LogP contribution < -0.4 is 5.32 Å². The van der Waals surface area contributed by atoms with Crippen LogP contribution in [0.1, 0.15) is 49.0 Å². The quantitative estimate of drug-likeness (QED) is 0.872. The molecule has 1 amide bonds. The number of hydrogen-bond donors (Lipinski definition) is 1. The summed E-state index contributed by atoms with van der Waals surface area (Å²) in [4.78, 5) is 12.1. The van der Waals surface area contributed by atoms with E-state index in [2.05, 4.69) is 35.1 Å². The van der Waals surface area contributed by atoms with E-state index in [9.17, 15) is 4.79 Å². The molecule has 1 unspecified atom stereocenters. The number of unbranched alkanes of at least 4 members (excludes halogenated alkanes) is 1.